The quantitative estimate of drug-likeness (QED) is 0.416. The first kappa shape index (κ1) is 15.9. The molecular weight excluding hydrogens is 222 g/mol. The van der Waals surface area contributed by atoms with Gasteiger partial charge in [0, 0.05) is 17.1 Å². The zero-order valence-electron chi connectivity index (χ0n) is 3.28. The first-order valence-corrected chi connectivity index (χ1v) is 2.73. The van der Waals surface area contributed by atoms with Gasteiger partial charge in [-0.2, -0.15) is 8.42 Å². The van der Waals surface area contributed by atoms with Crippen molar-refractivity contribution in [3.8, 4) is 0 Å². The van der Waals surface area contributed by atoms with Crippen molar-refractivity contribution in [3.05, 3.63) is 0 Å². The van der Waals surface area contributed by atoms with E-state index in [-0.39, 0.29) is 17.1 Å². The van der Waals surface area contributed by atoms with Gasteiger partial charge in [-0.15, -0.1) is 0 Å². The molecule has 0 aliphatic heterocycles. The number of rotatable bonds is 0. The molecule has 52 valence electrons. The van der Waals surface area contributed by atoms with Gasteiger partial charge in [0.15, 0.2) is 0 Å². The fourth-order valence-electron chi connectivity index (χ4n) is 0. The van der Waals surface area contributed by atoms with Gasteiger partial charge in [-0.1, -0.05) is 0 Å². The van der Waals surface area contributed by atoms with Crippen LogP contribution in [0, 0.1) is 0 Å². The van der Waals surface area contributed by atoms with E-state index in [2.05, 4.69) is 0 Å². The van der Waals surface area contributed by atoms with E-state index in [9.17, 15) is 0 Å². The van der Waals surface area contributed by atoms with E-state index in [1.54, 1.807) is 15.9 Å². The number of hydrogen-bond acceptors (Lipinski definition) is 3. The van der Waals surface area contributed by atoms with E-state index < -0.39 is 10.4 Å². The maximum absolute atomic E-state index is 8.74. The molecule has 0 aromatic rings. The third-order valence-corrected chi connectivity index (χ3v) is 0. The van der Waals surface area contributed by atoms with Crippen molar-refractivity contribution in [3.63, 3.8) is 0 Å². The Labute approximate surface area is 64.9 Å². The van der Waals surface area contributed by atoms with Gasteiger partial charge in [0.05, 0.1) is 0 Å². The molecule has 0 rings (SSSR count). The van der Waals surface area contributed by atoms with Gasteiger partial charge >= 0.3 is 30.2 Å². The van der Waals surface area contributed by atoms with E-state index in [4.69, 9.17) is 21.4 Å². The van der Waals surface area contributed by atoms with Gasteiger partial charge in [-0.05, 0) is 0 Å². The standard InChI is InChI=1S/2Mn.H2O4S.O/c;;1-5(2,3)4;/h;;(H2,1,2,3,4);. The van der Waals surface area contributed by atoms with Gasteiger partial charge in [-0.25, -0.2) is 0 Å². The van der Waals surface area contributed by atoms with Gasteiger partial charge in [0.25, 0.3) is 0 Å². The predicted octanol–water partition coefficient (Wildman–Crippen LogP) is -0.777. The molecule has 0 spiro atoms. The van der Waals surface area contributed by atoms with Crippen LogP contribution in [0.15, 0.2) is 0 Å². The van der Waals surface area contributed by atoms with Crippen molar-refractivity contribution in [2.45, 2.75) is 0 Å². The van der Waals surface area contributed by atoms with Gasteiger partial charge in [-0.3, -0.25) is 9.11 Å². The summed E-state index contributed by atoms with van der Waals surface area (Å²) in [5.41, 5.74) is 0. The summed E-state index contributed by atoms with van der Waals surface area (Å²) >= 11 is 1.69. The van der Waals surface area contributed by atoms with Crippen molar-refractivity contribution in [2.75, 3.05) is 0 Å². The molecule has 0 saturated heterocycles. The first-order chi connectivity index (χ1) is 3.00. The fourth-order valence-corrected chi connectivity index (χ4v) is 0. The molecule has 0 aromatic heterocycles. The monoisotopic (exact) mass is 224 g/mol. The van der Waals surface area contributed by atoms with Gasteiger partial charge in [0.1, 0.15) is 0 Å². The Morgan fingerprint density at radius 2 is 1.12 bits per heavy atom. The SMILES string of the molecule is O=S(=O)(O)O.[Mn].[O]=[Mn]. The van der Waals surface area contributed by atoms with Crippen molar-refractivity contribution < 1.29 is 54.4 Å². The zero-order valence-corrected chi connectivity index (χ0v) is 6.46. The van der Waals surface area contributed by atoms with Crippen LogP contribution in [-0.4, -0.2) is 17.5 Å². The molecule has 1 radical (unpaired) electrons. The minimum absolute atomic E-state index is 0. The summed E-state index contributed by atoms with van der Waals surface area (Å²) in [4.78, 5) is 0. The van der Waals surface area contributed by atoms with E-state index >= 15 is 0 Å². The van der Waals surface area contributed by atoms with E-state index in [1.165, 1.54) is 0 Å². The molecule has 0 saturated carbocycles. The fraction of sp³-hybridized carbons (Fsp3) is 0. The number of hydrogen-bond donors (Lipinski definition) is 2. The van der Waals surface area contributed by atoms with Crippen LogP contribution < -0.4 is 0 Å². The maximum atomic E-state index is 8.74. The van der Waals surface area contributed by atoms with E-state index in [1.807, 2.05) is 0 Å². The molecule has 0 aliphatic carbocycles. The second-order valence-corrected chi connectivity index (χ2v) is 1.34. The summed E-state index contributed by atoms with van der Waals surface area (Å²) < 4.78 is 39.6. The third-order valence-electron chi connectivity index (χ3n) is 0. The topological polar surface area (TPSA) is 91.7 Å². The molecule has 0 aromatic carbocycles. The van der Waals surface area contributed by atoms with Gasteiger partial charge < -0.3 is 0 Å². The van der Waals surface area contributed by atoms with Crippen LogP contribution in [0.3, 0.4) is 0 Å². The Bertz CT molecular complexity index is 104. The summed E-state index contributed by atoms with van der Waals surface area (Å²) in [5, 5.41) is 0. The average Bonchev–Trinajstić information content (AvgIpc) is 1.36. The van der Waals surface area contributed by atoms with Crippen LogP contribution in [0.4, 0.5) is 0 Å². The Morgan fingerprint density at radius 3 is 1.12 bits per heavy atom. The Hall–Kier alpha value is 0.709. The summed E-state index contributed by atoms with van der Waals surface area (Å²) in [6, 6.07) is 0. The molecule has 0 fully saturated rings. The normalized spacial score (nSPS) is 7.75. The van der Waals surface area contributed by atoms with Crippen LogP contribution in [0.25, 0.3) is 0 Å². The molecule has 8 heavy (non-hydrogen) atoms. The van der Waals surface area contributed by atoms with Crippen LogP contribution in [0.5, 0.6) is 0 Å². The second-order valence-electron chi connectivity index (χ2n) is 0.448. The van der Waals surface area contributed by atoms with Crippen LogP contribution in [-0.2, 0) is 47.2 Å². The molecule has 0 heterocycles. The molecule has 0 bridgehead atoms. The molecule has 2 N–H and O–H groups in total. The predicted molar refractivity (Wildman–Crippen MR) is 14.9 cm³/mol. The molecule has 8 heteroatoms. The minimum atomic E-state index is -4.67. The van der Waals surface area contributed by atoms with Crippen LogP contribution >= 0.6 is 0 Å². The molecular formula is H2Mn2O5S. The van der Waals surface area contributed by atoms with Crippen molar-refractivity contribution in [2.24, 2.45) is 0 Å². The average molecular weight is 224 g/mol. The summed E-state index contributed by atoms with van der Waals surface area (Å²) in [6.45, 7) is 0. The second kappa shape index (κ2) is 7.71. The molecule has 0 aliphatic rings. The van der Waals surface area contributed by atoms with Crippen molar-refractivity contribution in [1.82, 2.24) is 0 Å². The first-order valence-electron chi connectivity index (χ1n) is 0.853. The van der Waals surface area contributed by atoms with Crippen LogP contribution in [0.1, 0.15) is 0 Å². The van der Waals surface area contributed by atoms with Crippen molar-refractivity contribution in [1.29, 1.82) is 0 Å². The van der Waals surface area contributed by atoms with E-state index in [0.717, 1.165) is 0 Å². The van der Waals surface area contributed by atoms with Crippen molar-refractivity contribution >= 4 is 10.4 Å². The summed E-state index contributed by atoms with van der Waals surface area (Å²) in [7, 11) is -4.67. The molecule has 5 nitrogen and oxygen atoms in total. The Kier molecular flexibility index (Phi) is 15.3. The zero-order chi connectivity index (χ0) is 6.50. The van der Waals surface area contributed by atoms with Crippen LogP contribution in [0.2, 0.25) is 0 Å². The third kappa shape index (κ3) is 435. The van der Waals surface area contributed by atoms with E-state index in [0.29, 0.717) is 0 Å². The summed E-state index contributed by atoms with van der Waals surface area (Å²) in [5.74, 6) is 0. The molecule has 0 amide bonds. The molecule has 0 atom stereocenters. The van der Waals surface area contributed by atoms with Gasteiger partial charge in [0.2, 0.25) is 0 Å². The summed E-state index contributed by atoms with van der Waals surface area (Å²) in [6.07, 6.45) is 0. The Balaban J connectivity index is -0.0000000750. The molecule has 0 unspecified atom stereocenters. The Morgan fingerprint density at radius 1 is 1.12 bits per heavy atom.